The maximum Gasteiger partial charge on any atom is 0.132 e. The molecular formula is C10H20O5S. The number of hydrogen-bond donors (Lipinski definition) is 4. The Balaban J connectivity index is 2.50. The van der Waals surface area contributed by atoms with Gasteiger partial charge in [-0.2, -0.15) is 0 Å². The van der Waals surface area contributed by atoms with Crippen LogP contribution in [0.25, 0.3) is 0 Å². The van der Waals surface area contributed by atoms with E-state index in [1.165, 1.54) is 11.8 Å². The van der Waals surface area contributed by atoms with Crippen molar-refractivity contribution < 1.29 is 25.2 Å². The highest BCUT2D eigenvalue weighted by Gasteiger charge is 2.43. The summed E-state index contributed by atoms with van der Waals surface area (Å²) < 4.78 is 5.33. The van der Waals surface area contributed by atoms with Crippen molar-refractivity contribution in [3.8, 4) is 0 Å². The highest BCUT2D eigenvalue weighted by Crippen LogP contribution is 2.28. The van der Waals surface area contributed by atoms with Crippen LogP contribution in [0.15, 0.2) is 0 Å². The Morgan fingerprint density at radius 3 is 2.38 bits per heavy atom. The van der Waals surface area contributed by atoms with Gasteiger partial charge in [-0.1, -0.05) is 13.3 Å². The lowest BCUT2D eigenvalue weighted by Crippen LogP contribution is -2.57. The van der Waals surface area contributed by atoms with Crippen molar-refractivity contribution in [3.63, 3.8) is 0 Å². The minimum Gasteiger partial charge on any atom is -0.394 e. The van der Waals surface area contributed by atoms with E-state index >= 15 is 0 Å². The maximum absolute atomic E-state index is 9.68. The van der Waals surface area contributed by atoms with E-state index in [0.29, 0.717) is 0 Å². The summed E-state index contributed by atoms with van der Waals surface area (Å²) in [5, 5.41) is 37.7. The fraction of sp³-hybridized carbons (Fsp3) is 1.00. The van der Waals surface area contributed by atoms with Gasteiger partial charge in [0.2, 0.25) is 0 Å². The first-order chi connectivity index (χ1) is 7.61. The quantitative estimate of drug-likeness (QED) is 0.485. The first-order valence-electron chi connectivity index (χ1n) is 5.54. The van der Waals surface area contributed by atoms with Crippen LogP contribution in [0.3, 0.4) is 0 Å². The molecule has 0 radical (unpaired) electrons. The van der Waals surface area contributed by atoms with Crippen molar-refractivity contribution in [3.05, 3.63) is 0 Å². The summed E-state index contributed by atoms with van der Waals surface area (Å²) in [4.78, 5) is 0. The molecule has 0 bridgehead atoms. The lowest BCUT2D eigenvalue weighted by molar-refractivity contribution is -0.205. The number of thioether (sulfide) groups is 1. The first-order valence-corrected chi connectivity index (χ1v) is 6.58. The first kappa shape index (κ1) is 14.2. The molecule has 16 heavy (non-hydrogen) atoms. The molecule has 0 aromatic carbocycles. The zero-order valence-corrected chi connectivity index (χ0v) is 10.1. The van der Waals surface area contributed by atoms with Gasteiger partial charge >= 0.3 is 0 Å². The van der Waals surface area contributed by atoms with Gasteiger partial charge in [-0.3, -0.25) is 0 Å². The molecule has 0 aromatic heterocycles. The average Bonchev–Trinajstić information content (AvgIpc) is 2.29. The molecule has 0 spiro atoms. The predicted octanol–water partition coefficient (Wildman–Crippen LogP) is -0.680. The zero-order valence-electron chi connectivity index (χ0n) is 9.32. The number of aliphatic hydroxyl groups excluding tert-OH is 4. The van der Waals surface area contributed by atoms with Gasteiger partial charge in [0.1, 0.15) is 29.9 Å². The summed E-state index contributed by atoms with van der Waals surface area (Å²) in [6.45, 7) is 1.70. The van der Waals surface area contributed by atoms with Crippen LogP contribution in [0.5, 0.6) is 0 Å². The third-order valence-corrected chi connectivity index (χ3v) is 3.87. The molecule has 5 nitrogen and oxygen atoms in total. The van der Waals surface area contributed by atoms with E-state index in [-0.39, 0.29) is 6.61 Å². The molecule has 1 aliphatic rings. The molecule has 96 valence electrons. The number of aliphatic hydroxyl groups is 4. The molecular weight excluding hydrogens is 232 g/mol. The summed E-state index contributed by atoms with van der Waals surface area (Å²) in [6.07, 6.45) is -2.38. The van der Waals surface area contributed by atoms with Crippen molar-refractivity contribution in [1.82, 2.24) is 0 Å². The minimum atomic E-state index is -1.26. The van der Waals surface area contributed by atoms with Crippen LogP contribution in [0.4, 0.5) is 0 Å². The molecule has 0 amide bonds. The third kappa shape index (κ3) is 3.32. The predicted molar refractivity (Wildman–Crippen MR) is 61.1 cm³/mol. The normalized spacial score (nSPS) is 39.9. The Kier molecular flexibility index (Phi) is 6.02. The van der Waals surface area contributed by atoms with E-state index in [1.54, 1.807) is 0 Å². The summed E-state index contributed by atoms with van der Waals surface area (Å²) in [7, 11) is 0. The maximum atomic E-state index is 9.68. The van der Waals surface area contributed by atoms with Gasteiger partial charge in [0.15, 0.2) is 0 Å². The van der Waals surface area contributed by atoms with Gasteiger partial charge in [0.05, 0.1) is 6.61 Å². The molecule has 0 aliphatic carbocycles. The molecule has 1 heterocycles. The standard InChI is InChI=1S/C10H20O5S/c1-2-3-4-16-10-9(14)8(13)7(12)6(5-11)15-10/h6-14H,2-5H2,1H3/t6-,7-,8+,9+,10-/m1/s1. The molecule has 0 unspecified atom stereocenters. The summed E-state index contributed by atoms with van der Waals surface area (Å²) >= 11 is 1.40. The van der Waals surface area contributed by atoms with Crippen LogP contribution < -0.4 is 0 Å². The molecule has 1 aliphatic heterocycles. The third-order valence-electron chi connectivity index (χ3n) is 2.63. The summed E-state index contributed by atoms with van der Waals surface area (Å²) in [6, 6.07) is 0. The highest BCUT2D eigenvalue weighted by atomic mass is 32.2. The molecule has 0 aromatic rings. The molecule has 1 rings (SSSR count). The minimum absolute atomic E-state index is 0.365. The Labute approximate surface area is 99.4 Å². The molecule has 6 heteroatoms. The summed E-state index contributed by atoms with van der Waals surface area (Å²) in [5.74, 6) is 0.819. The topological polar surface area (TPSA) is 90.2 Å². The van der Waals surface area contributed by atoms with Gasteiger partial charge in [-0.25, -0.2) is 0 Å². The largest absolute Gasteiger partial charge is 0.394 e. The van der Waals surface area contributed by atoms with Crippen LogP contribution in [-0.2, 0) is 4.74 Å². The molecule has 1 saturated heterocycles. The SMILES string of the molecule is CCCCS[C@H]1O[C@H](CO)[C@@H](O)[C@H](O)[C@@H]1O. The average molecular weight is 252 g/mol. The van der Waals surface area contributed by atoms with Crippen molar-refractivity contribution in [2.45, 2.75) is 49.6 Å². The number of unbranched alkanes of at least 4 members (excludes halogenated alkanes) is 1. The molecule has 4 N–H and O–H groups in total. The van der Waals surface area contributed by atoms with E-state index < -0.39 is 29.9 Å². The molecule has 5 atom stereocenters. The van der Waals surface area contributed by atoms with Crippen LogP contribution in [0.1, 0.15) is 19.8 Å². The van der Waals surface area contributed by atoms with Crippen LogP contribution in [0, 0.1) is 0 Å². The van der Waals surface area contributed by atoms with E-state index in [1.807, 2.05) is 0 Å². The zero-order chi connectivity index (χ0) is 12.1. The second kappa shape index (κ2) is 6.78. The number of ether oxygens (including phenoxy) is 1. The smallest absolute Gasteiger partial charge is 0.132 e. The van der Waals surface area contributed by atoms with Crippen LogP contribution in [0.2, 0.25) is 0 Å². The Morgan fingerprint density at radius 1 is 1.12 bits per heavy atom. The van der Waals surface area contributed by atoms with Crippen LogP contribution >= 0.6 is 11.8 Å². The van der Waals surface area contributed by atoms with E-state index in [0.717, 1.165) is 18.6 Å². The van der Waals surface area contributed by atoms with Gasteiger partial charge in [0, 0.05) is 0 Å². The summed E-state index contributed by atoms with van der Waals surface area (Å²) in [5.41, 5.74) is -0.581. The lowest BCUT2D eigenvalue weighted by Gasteiger charge is -2.39. The molecule has 1 fully saturated rings. The van der Waals surface area contributed by atoms with Crippen molar-refractivity contribution in [2.75, 3.05) is 12.4 Å². The molecule has 0 saturated carbocycles. The number of rotatable bonds is 5. The fourth-order valence-electron chi connectivity index (χ4n) is 1.55. The van der Waals surface area contributed by atoms with E-state index in [2.05, 4.69) is 6.92 Å². The van der Waals surface area contributed by atoms with Gasteiger partial charge in [0.25, 0.3) is 0 Å². The second-order valence-corrected chi connectivity index (χ2v) is 5.13. The van der Waals surface area contributed by atoms with Crippen molar-refractivity contribution in [2.24, 2.45) is 0 Å². The Bertz CT molecular complexity index is 202. The van der Waals surface area contributed by atoms with E-state index in [9.17, 15) is 15.3 Å². The Morgan fingerprint density at radius 2 is 1.81 bits per heavy atom. The number of hydrogen-bond acceptors (Lipinski definition) is 6. The fourth-order valence-corrected chi connectivity index (χ4v) is 2.82. The van der Waals surface area contributed by atoms with Gasteiger partial charge in [-0.15, -0.1) is 11.8 Å². The highest BCUT2D eigenvalue weighted by molar-refractivity contribution is 7.99. The van der Waals surface area contributed by atoms with Gasteiger partial charge < -0.3 is 25.2 Å². The van der Waals surface area contributed by atoms with Crippen molar-refractivity contribution in [1.29, 1.82) is 0 Å². The second-order valence-electron chi connectivity index (χ2n) is 3.92. The van der Waals surface area contributed by atoms with Crippen LogP contribution in [-0.4, -0.2) is 62.6 Å². The lowest BCUT2D eigenvalue weighted by atomic mass is 10.0. The van der Waals surface area contributed by atoms with E-state index in [4.69, 9.17) is 9.84 Å². The van der Waals surface area contributed by atoms with Crippen molar-refractivity contribution >= 4 is 11.8 Å². The van der Waals surface area contributed by atoms with Gasteiger partial charge in [-0.05, 0) is 12.2 Å². The Hall–Kier alpha value is 0.150. The monoisotopic (exact) mass is 252 g/mol.